The maximum absolute atomic E-state index is 9.19. The van der Waals surface area contributed by atoms with Crippen molar-refractivity contribution in [3.05, 3.63) is 30.5 Å². The van der Waals surface area contributed by atoms with Gasteiger partial charge in [-0.05, 0) is 36.8 Å². The van der Waals surface area contributed by atoms with Crippen LogP contribution in [0.4, 0.5) is 0 Å². The molecule has 0 aliphatic heterocycles. The van der Waals surface area contributed by atoms with Gasteiger partial charge in [0.1, 0.15) is 5.76 Å². The third kappa shape index (κ3) is 2.39. The standard InChI is InChI=1S/C13H17N3O2/c17-13-7-12(18-15-13)11-3-1-10(2-4-11)8-16-6-5-14-9-16/h5-7,9-11H,1-4,8H2,(H,15,17)/t10-,11-. The lowest BCUT2D eigenvalue weighted by Gasteiger charge is -2.27. The van der Waals surface area contributed by atoms with Crippen LogP contribution < -0.4 is 0 Å². The highest BCUT2D eigenvalue weighted by atomic mass is 16.5. The predicted molar refractivity (Wildman–Crippen MR) is 65.1 cm³/mol. The van der Waals surface area contributed by atoms with Crippen molar-refractivity contribution in [3.63, 3.8) is 0 Å². The molecule has 3 rings (SSSR count). The van der Waals surface area contributed by atoms with E-state index >= 15 is 0 Å². The number of nitrogens with zero attached hydrogens (tertiary/aromatic N) is 3. The van der Waals surface area contributed by atoms with Gasteiger partial charge in [-0.25, -0.2) is 4.98 Å². The Labute approximate surface area is 105 Å². The molecule has 0 amide bonds. The maximum atomic E-state index is 9.19. The van der Waals surface area contributed by atoms with E-state index in [0.29, 0.717) is 11.8 Å². The molecule has 2 heterocycles. The third-order valence-electron chi connectivity index (χ3n) is 3.79. The molecule has 1 saturated carbocycles. The van der Waals surface area contributed by atoms with E-state index in [1.807, 2.05) is 18.7 Å². The smallest absolute Gasteiger partial charge is 0.251 e. The van der Waals surface area contributed by atoms with Crippen LogP contribution in [0.25, 0.3) is 0 Å². The van der Waals surface area contributed by atoms with E-state index in [1.54, 1.807) is 6.07 Å². The minimum Gasteiger partial charge on any atom is -0.491 e. The second kappa shape index (κ2) is 4.84. The van der Waals surface area contributed by atoms with Gasteiger partial charge in [0.15, 0.2) is 0 Å². The zero-order valence-electron chi connectivity index (χ0n) is 10.2. The van der Waals surface area contributed by atoms with Gasteiger partial charge in [0.05, 0.1) is 6.33 Å². The molecule has 2 aromatic rings. The van der Waals surface area contributed by atoms with Crippen LogP contribution in [0.1, 0.15) is 37.4 Å². The molecule has 0 radical (unpaired) electrons. The second-order valence-electron chi connectivity index (χ2n) is 5.06. The lowest BCUT2D eigenvalue weighted by Crippen LogP contribution is -2.17. The molecule has 1 N–H and O–H groups in total. The Balaban J connectivity index is 1.55. The summed E-state index contributed by atoms with van der Waals surface area (Å²) in [6.45, 7) is 1.05. The summed E-state index contributed by atoms with van der Waals surface area (Å²) < 4.78 is 7.27. The number of aromatic hydroxyl groups is 1. The van der Waals surface area contributed by atoms with Crippen molar-refractivity contribution >= 4 is 0 Å². The first-order chi connectivity index (χ1) is 8.81. The molecule has 0 unspecified atom stereocenters. The minimum atomic E-state index is -0.00876. The molecule has 0 aromatic carbocycles. The zero-order chi connectivity index (χ0) is 12.4. The quantitative estimate of drug-likeness (QED) is 0.905. The Morgan fingerprint density at radius 3 is 2.78 bits per heavy atom. The Hall–Kier alpha value is -1.78. The van der Waals surface area contributed by atoms with E-state index in [-0.39, 0.29) is 5.88 Å². The van der Waals surface area contributed by atoms with Gasteiger partial charge in [0.25, 0.3) is 5.88 Å². The van der Waals surface area contributed by atoms with Gasteiger partial charge in [-0.3, -0.25) is 0 Å². The van der Waals surface area contributed by atoms with Crippen molar-refractivity contribution in [1.29, 1.82) is 0 Å². The number of imidazole rings is 1. The Morgan fingerprint density at radius 1 is 1.33 bits per heavy atom. The van der Waals surface area contributed by atoms with Crippen LogP contribution in [0, 0.1) is 5.92 Å². The van der Waals surface area contributed by atoms with E-state index in [4.69, 9.17) is 4.52 Å². The first kappa shape index (κ1) is 11.3. The van der Waals surface area contributed by atoms with E-state index < -0.39 is 0 Å². The minimum absolute atomic E-state index is 0.00876. The number of rotatable bonds is 3. The summed E-state index contributed by atoms with van der Waals surface area (Å²) in [5.41, 5.74) is 0. The highest BCUT2D eigenvalue weighted by Gasteiger charge is 2.25. The maximum Gasteiger partial charge on any atom is 0.251 e. The SMILES string of the molecule is Oc1cc([C@H]2CC[C@H](Cn3ccnc3)CC2)on1. The second-order valence-corrected chi connectivity index (χ2v) is 5.06. The van der Waals surface area contributed by atoms with Crippen LogP contribution in [0.5, 0.6) is 5.88 Å². The predicted octanol–water partition coefficient (Wildman–Crippen LogP) is 2.55. The summed E-state index contributed by atoms with van der Waals surface area (Å²) in [5.74, 6) is 1.95. The highest BCUT2D eigenvalue weighted by Crippen LogP contribution is 2.37. The molecule has 5 heteroatoms. The summed E-state index contributed by atoms with van der Waals surface area (Å²) in [6, 6.07) is 1.64. The van der Waals surface area contributed by atoms with Gasteiger partial charge in [-0.2, -0.15) is 0 Å². The van der Waals surface area contributed by atoms with Crippen molar-refractivity contribution in [2.75, 3.05) is 0 Å². The van der Waals surface area contributed by atoms with Crippen molar-refractivity contribution in [2.24, 2.45) is 5.92 Å². The van der Waals surface area contributed by atoms with Gasteiger partial charge in [0, 0.05) is 30.9 Å². The number of hydrogen-bond acceptors (Lipinski definition) is 4. The first-order valence-corrected chi connectivity index (χ1v) is 6.42. The Bertz CT molecular complexity index is 484. The first-order valence-electron chi connectivity index (χ1n) is 6.42. The molecule has 5 nitrogen and oxygen atoms in total. The van der Waals surface area contributed by atoms with Crippen LogP contribution in [0.2, 0.25) is 0 Å². The summed E-state index contributed by atoms with van der Waals surface area (Å²) >= 11 is 0. The molecule has 96 valence electrons. The van der Waals surface area contributed by atoms with Gasteiger partial charge in [0.2, 0.25) is 0 Å². The van der Waals surface area contributed by atoms with Crippen LogP contribution >= 0.6 is 0 Å². The average Bonchev–Trinajstić information content (AvgIpc) is 3.02. The van der Waals surface area contributed by atoms with E-state index in [9.17, 15) is 5.11 Å². The fourth-order valence-corrected chi connectivity index (χ4v) is 2.79. The molecule has 0 bridgehead atoms. The van der Waals surface area contributed by atoms with E-state index in [2.05, 4.69) is 14.7 Å². The van der Waals surface area contributed by atoms with Crippen LogP contribution in [-0.2, 0) is 6.54 Å². The summed E-state index contributed by atoms with van der Waals surface area (Å²) in [4.78, 5) is 4.06. The van der Waals surface area contributed by atoms with Gasteiger partial charge >= 0.3 is 0 Å². The van der Waals surface area contributed by atoms with Gasteiger partial charge in [-0.1, -0.05) is 0 Å². The van der Waals surface area contributed by atoms with Crippen LogP contribution in [-0.4, -0.2) is 19.8 Å². The Morgan fingerprint density at radius 2 is 2.17 bits per heavy atom. The molecule has 18 heavy (non-hydrogen) atoms. The number of aromatic nitrogens is 3. The van der Waals surface area contributed by atoms with Gasteiger partial charge in [-0.15, -0.1) is 0 Å². The Kier molecular flexibility index (Phi) is 3.04. The van der Waals surface area contributed by atoms with E-state index in [1.165, 1.54) is 12.8 Å². The third-order valence-corrected chi connectivity index (χ3v) is 3.79. The van der Waals surface area contributed by atoms with Crippen molar-refractivity contribution in [3.8, 4) is 5.88 Å². The summed E-state index contributed by atoms with van der Waals surface area (Å²) in [6.07, 6.45) is 10.3. The number of hydrogen-bond donors (Lipinski definition) is 1. The summed E-state index contributed by atoms with van der Waals surface area (Å²) in [5, 5.41) is 12.7. The largest absolute Gasteiger partial charge is 0.491 e. The van der Waals surface area contributed by atoms with Gasteiger partial charge < -0.3 is 14.2 Å². The summed E-state index contributed by atoms with van der Waals surface area (Å²) in [7, 11) is 0. The van der Waals surface area contributed by atoms with Crippen molar-refractivity contribution in [1.82, 2.24) is 14.7 Å². The topological polar surface area (TPSA) is 64.1 Å². The zero-order valence-corrected chi connectivity index (χ0v) is 10.2. The highest BCUT2D eigenvalue weighted by molar-refractivity contribution is 5.13. The molecule has 1 aliphatic rings. The normalized spacial score (nSPS) is 24.2. The molecular weight excluding hydrogens is 230 g/mol. The fourth-order valence-electron chi connectivity index (χ4n) is 2.79. The van der Waals surface area contributed by atoms with Crippen LogP contribution in [0.15, 0.2) is 29.3 Å². The fraction of sp³-hybridized carbons (Fsp3) is 0.538. The molecular formula is C13H17N3O2. The molecule has 0 atom stereocenters. The van der Waals surface area contributed by atoms with E-state index in [0.717, 1.165) is 25.1 Å². The van der Waals surface area contributed by atoms with Crippen LogP contribution in [0.3, 0.4) is 0 Å². The monoisotopic (exact) mass is 247 g/mol. The molecule has 1 aliphatic carbocycles. The molecule has 0 saturated heterocycles. The molecule has 2 aromatic heterocycles. The van der Waals surface area contributed by atoms with Crippen molar-refractivity contribution < 1.29 is 9.63 Å². The average molecular weight is 247 g/mol. The molecule has 1 fully saturated rings. The van der Waals surface area contributed by atoms with Crippen molar-refractivity contribution in [2.45, 2.75) is 38.1 Å². The lowest BCUT2D eigenvalue weighted by atomic mass is 9.81. The molecule has 0 spiro atoms. The lowest BCUT2D eigenvalue weighted by molar-refractivity contribution is 0.255.